The number of amides is 2. The molecule has 2 fully saturated rings. The highest BCUT2D eigenvalue weighted by Crippen LogP contribution is 2.31. The average Bonchev–Trinajstić information content (AvgIpc) is 3.49. The molecule has 7 nitrogen and oxygen atoms in total. The lowest BCUT2D eigenvalue weighted by Gasteiger charge is -2.22. The van der Waals surface area contributed by atoms with Crippen LogP contribution in [0.3, 0.4) is 0 Å². The predicted octanol–water partition coefficient (Wildman–Crippen LogP) is 0.962. The number of nitrogens with zero attached hydrogens (tertiary/aromatic N) is 4. The number of hydrogen-bond donors (Lipinski definition) is 0. The second-order valence-corrected chi connectivity index (χ2v) is 7.35. The molecule has 0 radical (unpaired) electrons. The molecule has 0 bridgehead atoms. The summed E-state index contributed by atoms with van der Waals surface area (Å²) < 4.78 is 3.14. The standard InChI is InChI=1S/C19H24N4O3/c1-20-15-7-6-14(12-16(15)21(2)19(20)26)18(25)23-9-3-8-22(10-11-23)17(24)13-4-5-13/h6-7,12-13H,3-5,8-11H2,1-2H3. The predicted molar refractivity (Wildman–Crippen MR) is 98.0 cm³/mol. The quantitative estimate of drug-likeness (QED) is 0.805. The first-order chi connectivity index (χ1) is 12.5. The van der Waals surface area contributed by atoms with Crippen LogP contribution in [0.4, 0.5) is 0 Å². The van der Waals surface area contributed by atoms with Crippen LogP contribution in [0.2, 0.25) is 0 Å². The van der Waals surface area contributed by atoms with E-state index >= 15 is 0 Å². The zero-order valence-corrected chi connectivity index (χ0v) is 15.3. The van der Waals surface area contributed by atoms with Crippen molar-refractivity contribution in [3.05, 3.63) is 34.2 Å². The fourth-order valence-electron chi connectivity index (χ4n) is 3.75. The van der Waals surface area contributed by atoms with Crippen LogP contribution in [-0.2, 0) is 18.9 Å². The summed E-state index contributed by atoms with van der Waals surface area (Å²) in [6.07, 6.45) is 2.82. The number of imidazole rings is 1. The van der Waals surface area contributed by atoms with E-state index in [1.165, 1.54) is 0 Å². The first-order valence-corrected chi connectivity index (χ1v) is 9.21. The van der Waals surface area contributed by atoms with Gasteiger partial charge in [0.15, 0.2) is 0 Å². The summed E-state index contributed by atoms with van der Waals surface area (Å²) in [6.45, 7) is 2.54. The molecule has 2 amide bonds. The molecule has 1 aliphatic heterocycles. The van der Waals surface area contributed by atoms with Crippen molar-refractivity contribution >= 4 is 22.8 Å². The summed E-state index contributed by atoms with van der Waals surface area (Å²) in [5.41, 5.74) is 2.05. The molecule has 7 heteroatoms. The van der Waals surface area contributed by atoms with E-state index in [-0.39, 0.29) is 23.4 Å². The topological polar surface area (TPSA) is 67.6 Å². The highest BCUT2D eigenvalue weighted by Gasteiger charge is 2.34. The molecule has 0 atom stereocenters. The summed E-state index contributed by atoms with van der Waals surface area (Å²) in [4.78, 5) is 41.0. The lowest BCUT2D eigenvalue weighted by molar-refractivity contribution is -0.132. The van der Waals surface area contributed by atoms with Crippen molar-refractivity contribution < 1.29 is 9.59 Å². The molecule has 4 rings (SSSR count). The number of benzene rings is 1. The van der Waals surface area contributed by atoms with E-state index in [0.29, 0.717) is 25.2 Å². The molecule has 26 heavy (non-hydrogen) atoms. The van der Waals surface area contributed by atoms with Gasteiger partial charge in [-0.05, 0) is 37.5 Å². The number of carbonyl (C=O) groups is 2. The molecule has 0 N–H and O–H groups in total. The van der Waals surface area contributed by atoms with Crippen LogP contribution in [0.15, 0.2) is 23.0 Å². The van der Waals surface area contributed by atoms with Crippen LogP contribution < -0.4 is 5.69 Å². The third-order valence-corrected chi connectivity index (χ3v) is 5.54. The van der Waals surface area contributed by atoms with Crippen LogP contribution in [0.1, 0.15) is 29.6 Å². The highest BCUT2D eigenvalue weighted by molar-refractivity contribution is 5.97. The Balaban J connectivity index is 1.53. The van der Waals surface area contributed by atoms with Gasteiger partial charge < -0.3 is 9.80 Å². The van der Waals surface area contributed by atoms with Crippen molar-refractivity contribution in [3.8, 4) is 0 Å². The SMILES string of the molecule is Cn1c(=O)n(C)c2cc(C(=O)N3CCCN(C(=O)C4CC4)CC3)ccc21. The normalized spacial score (nSPS) is 18.2. The van der Waals surface area contributed by atoms with E-state index in [1.54, 1.807) is 35.4 Å². The Labute approximate surface area is 151 Å². The van der Waals surface area contributed by atoms with Crippen molar-refractivity contribution in [2.24, 2.45) is 20.0 Å². The zero-order valence-electron chi connectivity index (χ0n) is 15.3. The first kappa shape index (κ1) is 16.9. The van der Waals surface area contributed by atoms with Gasteiger partial charge in [0, 0.05) is 51.8 Å². The lowest BCUT2D eigenvalue weighted by Crippen LogP contribution is -2.38. The van der Waals surface area contributed by atoms with Gasteiger partial charge in [-0.3, -0.25) is 18.7 Å². The Kier molecular flexibility index (Phi) is 4.09. The number of aryl methyl sites for hydroxylation is 2. The van der Waals surface area contributed by atoms with Crippen LogP contribution in [0, 0.1) is 5.92 Å². The van der Waals surface area contributed by atoms with Crippen molar-refractivity contribution in [3.63, 3.8) is 0 Å². The minimum Gasteiger partial charge on any atom is -0.341 e. The molecule has 1 aliphatic carbocycles. The van der Waals surface area contributed by atoms with Crippen LogP contribution in [-0.4, -0.2) is 56.9 Å². The third kappa shape index (κ3) is 2.81. The minimum atomic E-state index is -0.103. The second-order valence-electron chi connectivity index (χ2n) is 7.35. The third-order valence-electron chi connectivity index (χ3n) is 5.54. The maximum atomic E-state index is 13.0. The molecule has 1 aromatic carbocycles. The number of aromatic nitrogens is 2. The molecule has 2 aliphatic rings. The monoisotopic (exact) mass is 356 g/mol. The Morgan fingerprint density at radius 1 is 0.923 bits per heavy atom. The maximum absolute atomic E-state index is 13.0. The number of hydrogen-bond acceptors (Lipinski definition) is 3. The summed E-state index contributed by atoms with van der Waals surface area (Å²) in [5.74, 6) is 0.433. The Bertz CT molecular complexity index is 938. The fraction of sp³-hybridized carbons (Fsp3) is 0.526. The van der Waals surface area contributed by atoms with Crippen molar-refractivity contribution in [1.82, 2.24) is 18.9 Å². The van der Waals surface area contributed by atoms with E-state index in [0.717, 1.165) is 36.8 Å². The van der Waals surface area contributed by atoms with Gasteiger partial charge >= 0.3 is 5.69 Å². The van der Waals surface area contributed by atoms with Gasteiger partial charge in [-0.1, -0.05) is 0 Å². The van der Waals surface area contributed by atoms with Gasteiger partial charge in [0.25, 0.3) is 5.91 Å². The average molecular weight is 356 g/mol. The summed E-state index contributed by atoms with van der Waals surface area (Å²) in [7, 11) is 3.44. The Hall–Kier alpha value is -2.57. The van der Waals surface area contributed by atoms with Gasteiger partial charge in [0.1, 0.15) is 0 Å². The smallest absolute Gasteiger partial charge is 0.328 e. The van der Waals surface area contributed by atoms with Crippen molar-refractivity contribution in [2.75, 3.05) is 26.2 Å². The summed E-state index contributed by atoms with van der Waals surface area (Å²) >= 11 is 0. The molecule has 0 unspecified atom stereocenters. The number of rotatable bonds is 2. The molecule has 1 aromatic heterocycles. The van der Waals surface area contributed by atoms with Crippen LogP contribution in [0.25, 0.3) is 11.0 Å². The lowest BCUT2D eigenvalue weighted by atomic mass is 10.1. The van der Waals surface area contributed by atoms with E-state index in [1.807, 2.05) is 15.9 Å². The number of carbonyl (C=O) groups excluding carboxylic acids is 2. The fourth-order valence-corrected chi connectivity index (χ4v) is 3.75. The molecule has 138 valence electrons. The van der Waals surface area contributed by atoms with Gasteiger partial charge in [0.05, 0.1) is 11.0 Å². The van der Waals surface area contributed by atoms with Crippen LogP contribution >= 0.6 is 0 Å². The van der Waals surface area contributed by atoms with Gasteiger partial charge in [-0.15, -0.1) is 0 Å². The van der Waals surface area contributed by atoms with E-state index < -0.39 is 0 Å². The van der Waals surface area contributed by atoms with E-state index in [2.05, 4.69) is 0 Å². The molecule has 0 spiro atoms. The minimum absolute atomic E-state index is 0.0380. The highest BCUT2D eigenvalue weighted by atomic mass is 16.2. The van der Waals surface area contributed by atoms with Gasteiger partial charge in [-0.25, -0.2) is 4.79 Å². The Morgan fingerprint density at radius 2 is 1.58 bits per heavy atom. The second kappa shape index (κ2) is 6.30. The molecule has 1 saturated carbocycles. The molecular weight excluding hydrogens is 332 g/mol. The van der Waals surface area contributed by atoms with Gasteiger partial charge in [0.2, 0.25) is 5.91 Å². The van der Waals surface area contributed by atoms with Gasteiger partial charge in [-0.2, -0.15) is 0 Å². The van der Waals surface area contributed by atoms with Crippen LogP contribution in [0.5, 0.6) is 0 Å². The van der Waals surface area contributed by atoms with Crippen molar-refractivity contribution in [1.29, 1.82) is 0 Å². The zero-order chi connectivity index (χ0) is 18.4. The van der Waals surface area contributed by atoms with E-state index in [4.69, 9.17) is 0 Å². The molecule has 2 aromatic rings. The molecular formula is C19H24N4O3. The van der Waals surface area contributed by atoms with Crippen molar-refractivity contribution in [2.45, 2.75) is 19.3 Å². The number of fused-ring (bicyclic) bond motifs is 1. The largest absolute Gasteiger partial charge is 0.341 e. The maximum Gasteiger partial charge on any atom is 0.328 e. The summed E-state index contributed by atoms with van der Waals surface area (Å²) in [5, 5.41) is 0. The van der Waals surface area contributed by atoms with E-state index in [9.17, 15) is 14.4 Å². The first-order valence-electron chi connectivity index (χ1n) is 9.21. The molecule has 2 heterocycles. The summed E-state index contributed by atoms with van der Waals surface area (Å²) in [6, 6.07) is 5.39. The molecule has 1 saturated heterocycles. The Morgan fingerprint density at radius 3 is 2.31 bits per heavy atom.